The Bertz CT molecular complexity index is 610. The van der Waals surface area contributed by atoms with Crippen molar-refractivity contribution in [3.63, 3.8) is 0 Å². The molecule has 1 saturated heterocycles. The van der Waals surface area contributed by atoms with Gasteiger partial charge in [0.15, 0.2) is 0 Å². The van der Waals surface area contributed by atoms with Crippen LogP contribution in [0.3, 0.4) is 0 Å². The summed E-state index contributed by atoms with van der Waals surface area (Å²) >= 11 is 1.52. The van der Waals surface area contributed by atoms with Crippen molar-refractivity contribution < 1.29 is 19.4 Å². The lowest BCUT2D eigenvalue weighted by Gasteiger charge is -2.40. The largest absolute Gasteiger partial charge is 0.497 e. The standard InChI is InChI=1S/C18H23NO4S/c1-23-14-7-5-13(6-8-14)18(9-3-2-4-10-18)17(22)19-12-24-11-15(19)16(20)21/h5-8,15H,2-4,9-12H2,1H3,(H,20,21)/t15-/m1/s1. The maximum absolute atomic E-state index is 13.4. The van der Waals surface area contributed by atoms with Crippen molar-refractivity contribution in [3.05, 3.63) is 29.8 Å². The van der Waals surface area contributed by atoms with Crippen molar-refractivity contribution in [1.29, 1.82) is 0 Å². The molecule has 0 spiro atoms. The molecule has 6 heteroatoms. The Kier molecular flexibility index (Phi) is 5.04. The number of ether oxygens (including phenoxy) is 1. The summed E-state index contributed by atoms with van der Waals surface area (Å²) in [4.78, 5) is 26.5. The maximum Gasteiger partial charge on any atom is 0.327 e. The van der Waals surface area contributed by atoms with Crippen LogP contribution in [0.2, 0.25) is 0 Å². The monoisotopic (exact) mass is 349 g/mol. The summed E-state index contributed by atoms with van der Waals surface area (Å²) < 4.78 is 5.22. The van der Waals surface area contributed by atoms with Gasteiger partial charge in [-0.25, -0.2) is 4.79 Å². The molecule has 0 radical (unpaired) electrons. The lowest BCUT2D eigenvalue weighted by atomic mass is 9.68. The number of nitrogens with zero attached hydrogens (tertiary/aromatic N) is 1. The van der Waals surface area contributed by atoms with E-state index in [1.54, 1.807) is 12.0 Å². The topological polar surface area (TPSA) is 66.8 Å². The van der Waals surface area contributed by atoms with E-state index in [-0.39, 0.29) is 5.91 Å². The van der Waals surface area contributed by atoms with Crippen LogP contribution in [0.4, 0.5) is 0 Å². The molecule has 1 N–H and O–H groups in total. The zero-order chi connectivity index (χ0) is 17.2. The Morgan fingerprint density at radius 2 is 1.88 bits per heavy atom. The number of hydrogen-bond donors (Lipinski definition) is 1. The van der Waals surface area contributed by atoms with Crippen LogP contribution in [0.5, 0.6) is 5.75 Å². The smallest absolute Gasteiger partial charge is 0.327 e. The molecule has 1 atom stereocenters. The number of aliphatic carboxylic acids is 1. The predicted molar refractivity (Wildman–Crippen MR) is 93.4 cm³/mol. The molecular weight excluding hydrogens is 326 g/mol. The van der Waals surface area contributed by atoms with Gasteiger partial charge < -0.3 is 14.7 Å². The number of carboxylic acids is 1. The molecule has 1 aromatic rings. The molecule has 1 aromatic carbocycles. The quantitative estimate of drug-likeness (QED) is 0.905. The van der Waals surface area contributed by atoms with Crippen molar-refractivity contribution in [2.45, 2.75) is 43.6 Å². The summed E-state index contributed by atoms with van der Waals surface area (Å²) in [7, 11) is 1.62. The fraction of sp³-hybridized carbons (Fsp3) is 0.556. The lowest BCUT2D eigenvalue weighted by molar-refractivity contribution is -0.151. The van der Waals surface area contributed by atoms with Gasteiger partial charge in [-0.05, 0) is 30.5 Å². The lowest BCUT2D eigenvalue weighted by Crippen LogP contribution is -2.52. The highest BCUT2D eigenvalue weighted by Crippen LogP contribution is 2.43. The number of methoxy groups -OCH3 is 1. The summed E-state index contributed by atoms with van der Waals surface area (Å²) in [6.45, 7) is 0. The summed E-state index contributed by atoms with van der Waals surface area (Å²) in [6, 6.07) is 6.97. The third-order valence-electron chi connectivity index (χ3n) is 5.19. The van der Waals surface area contributed by atoms with Crippen LogP contribution in [0.1, 0.15) is 37.7 Å². The van der Waals surface area contributed by atoms with Crippen LogP contribution in [0, 0.1) is 0 Å². The van der Waals surface area contributed by atoms with Gasteiger partial charge >= 0.3 is 5.97 Å². The first kappa shape index (κ1) is 17.1. The highest BCUT2D eigenvalue weighted by molar-refractivity contribution is 7.99. The first-order chi connectivity index (χ1) is 11.6. The second-order valence-electron chi connectivity index (χ2n) is 6.50. The van der Waals surface area contributed by atoms with Crippen molar-refractivity contribution in [1.82, 2.24) is 4.90 Å². The van der Waals surface area contributed by atoms with Gasteiger partial charge in [-0.3, -0.25) is 4.79 Å². The molecule has 0 aromatic heterocycles. The van der Waals surface area contributed by atoms with Crippen molar-refractivity contribution in [3.8, 4) is 5.75 Å². The average molecular weight is 349 g/mol. The van der Waals surface area contributed by atoms with E-state index in [2.05, 4.69) is 0 Å². The van der Waals surface area contributed by atoms with E-state index in [0.717, 1.165) is 43.4 Å². The van der Waals surface area contributed by atoms with Gasteiger partial charge in [0.2, 0.25) is 5.91 Å². The van der Waals surface area contributed by atoms with Gasteiger partial charge in [-0.2, -0.15) is 0 Å². The maximum atomic E-state index is 13.4. The molecule has 24 heavy (non-hydrogen) atoms. The molecule has 3 rings (SSSR count). The third kappa shape index (κ3) is 2.99. The van der Waals surface area contributed by atoms with Crippen molar-refractivity contribution in [2.24, 2.45) is 0 Å². The second kappa shape index (κ2) is 7.05. The molecule has 1 aliphatic heterocycles. The first-order valence-electron chi connectivity index (χ1n) is 8.35. The number of benzene rings is 1. The summed E-state index contributed by atoms with van der Waals surface area (Å²) in [5.41, 5.74) is 0.386. The van der Waals surface area contributed by atoms with E-state index in [9.17, 15) is 14.7 Å². The van der Waals surface area contributed by atoms with E-state index in [4.69, 9.17) is 4.74 Å². The minimum absolute atomic E-state index is 0.0234. The Hall–Kier alpha value is -1.69. The SMILES string of the molecule is COc1ccc(C2(C(=O)N3CSC[C@@H]3C(=O)O)CCCCC2)cc1. The molecule has 130 valence electrons. The minimum atomic E-state index is -0.908. The molecule has 1 heterocycles. The molecule has 0 bridgehead atoms. The Morgan fingerprint density at radius 3 is 2.46 bits per heavy atom. The normalized spacial score (nSPS) is 23.0. The summed E-state index contributed by atoms with van der Waals surface area (Å²) in [6.07, 6.45) is 4.69. The predicted octanol–water partition coefficient (Wildman–Crippen LogP) is 2.88. The van der Waals surface area contributed by atoms with Crippen LogP contribution in [0.25, 0.3) is 0 Å². The molecule has 1 amide bonds. The van der Waals surface area contributed by atoms with E-state index in [1.165, 1.54) is 11.8 Å². The number of amides is 1. The zero-order valence-electron chi connectivity index (χ0n) is 13.9. The van der Waals surface area contributed by atoms with Crippen LogP contribution in [-0.2, 0) is 15.0 Å². The second-order valence-corrected chi connectivity index (χ2v) is 7.50. The fourth-order valence-electron chi connectivity index (χ4n) is 3.81. The fourth-order valence-corrected chi connectivity index (χ4v) is 4.96. The Balaban J connectivity index is 1.95. The summed E-state index contributed by atoms with van der Waals surface area (Å²) in [5, 5.41) is 9.43. The molecule has 1 aliphatic carbocycles. The highest BCUT2D eigenvalue weighted by Gasteiger charge is 2.47. The van der Waals surface area contributed by atoms with Gasteiger partial charge in [0, 0.05) is 5.75 Å². The van der Waals surface area contributed by atoms with E-state index >= 15 is 0 Å². The number of carbonyl (C=O) groups excluding carboxylic acids is 1. The van der Waals surface area contributed by atoms with Crippen LogP contribution in [0.15, 0.2) is 24.3 Å². The van der Waals surface area contributed by atoms with Crippen LogP contribution in [-0.4, -0.2) is 46.7 Å². The van der Waals surface area contributed by atoms with Crippen molar-refractivity contribution in [2.75, 3.05) is 18.7 Å². The van der Waals surface area contributed by atoms with Crippen LogP contribution < -0.4 is 4.74 Å². The molecule has 0 unspecified atom stereocenters. The number of rotatable bonds is 4. The van der Waals surface area contributed by atoms with Crippen LogP contribution >= 0.6 is 11.8 Å². The number of carbonyl (C=O) groups is 2. The van der Waals surface area contributed by atoms with Crippen molar-refractivity contribution >= 4 is 23.6 Å². The van der Waals surface area contributed by atoms with Gasteiger partial charge in [0.1, 0.15) is 11.8 Å². The first-order valence-corrected chi connectivity index (χ1v) is 9.50. The summed E-state index contributed by atoms with van der Waals surface area (Å²) in [5.74, 6) is 0.768. The average Bonchev–Trinajstić information content (AvgIpc) is 3.11. The zero-order valence-corrected chi connectivity index (χ0v) is 14.7. The molecular formula is C18H23NO4S. The van der Waals surface area contributed by atoms with E-state index < -0.39 is 17.4 Å². The minimum Gasteiger partial charge on any atom is -0.497 e. The Labute approximate surface area is 146 Å². The number of hydrogen-bond acceptors (Lipinski definition) is 4. The molecule has 1 saturated carbocycles. The van der Waals surface area contributed by atoms with E-state index in [1.807, 2.05) is 24.3 Å². The third-order valence-corrected chi connectivity index (χ3v) is 6.20. The van der Waals surface area contributed by atoms with E-state index in [0.29, 0.717) is 11.6 Å². The molecule has 2 aliphatic rings. The Morgan fingerprint density at radius 1 is 1.21 bits per heavy atom. The van der Waals surface area contributed by atoms with Gasteiger partial charge in [-0.15, -0.1) is 11.8 Å². The number of carboxylic acid groups (broad SMARTS) is 1. The highest BCUT2D eigenvalue weighted by atomic mass is 32.2. The van der Waals surface area contributed by atoms with Gasteiger partial charge in [0.25, 0.3) is 0 Å². The number of thioether (sulfide) groups is 1. The molecule has 5 nitrogen and oxygen atoms in total. The van der Waals surface area contributed by atoms with Gasteiger partial charge in [0.05, 0.1) is 18.4 Å². The molecule has 2 fully saturated rings. The van der Waals surface area contributed by atoms with Gasteiger partial charge in [-0.1, -0.05) is 31.4 Å².